The van der Waals surface area contributed by atoms with Gasteiger partial charge in [0.15, 0.2) is 15.7 Å². The third-order valence-corrected chi connectivity index (χ3v) is 6.70. The van der Waals surface area contributed by atoms with Crippen LogP contribution < -0.4 is 15.0 Å². The Hall–Kier alpha value is -3.37. The van der Waals surface area contributed by atoms with Crippen LogP contribution in [0.3, 0.4) is 0 Å². The van der Waals surface area contributed by atoms with Crippen LogP contribution in [0.25, 0.3) is 21.8 Å². The molecule has 9 nitrogen and oxygen atoms in total. The number of morpholine rings is 1. The maximum Gasteiger partial charge on any atom is 0.177 e. The molecule has 2 N–H and O–H groups in total. The molecular formula is C22H23N5O4S. The van der Waals surface area contributed by atoms with Gasteiger partial charge < -0.3 is 19.7 Å². The predicted molar refractivity (Wildman–Crippen MR) is 124 cm³/mol. The van der Waals surface area contributed by atoms with Crippen molar-refractivity contribution in [3.05, 3.63) is 42.6 Å². The second-order valence-electron chi connectivity index (χ2n) is 7.68. The van der Waals surface area contributed by atoms with E-state index in [1.54, 1.807) is 19.4 Å². The van der Waals surface area contributed by atoms with Gasteiger partial charge in [0, 0.05) is 35.8 Å². The number of aromatic amines is 1. The topological polar surface area (TPSA) is 109 Å². The van der Waals surface area contributed by atoms with Gasteiger partial charge in [-0.25, -0.2) is 13.4 Å². The molecule has 4 aromatic rings. The Labute approximate surface area is 185 Å². The van der Waals surface area contributed by atoms with E-state index in [2.05, 4.69) is 15.5 Å². The molecule has 0 atom stereocenters. The third kappa shape index (κ3) is 3.71. The average molecular weight is 454 g/mol. The van der Waals surface area contributed by atoms with Crippen molar-refractivity contribution >= 4 is 48.8 Å². The number of ether oxygens (including phenoxy) is 2. The molecule has 1 aliphatic heterocycles. The number of hydrogen-bond donors (Lipinski definition) is 2. The standard InChI is InChI=1S/C22H23N5O4S/c1-30-15-4-5-18-16(12-15)17-13-23-26-21(17)22(25-18)24-14-3-6-19(20(11-14)32(2,28)29)27-7-9-31-10-8-27/h3-6,11-13H,7-10H2,1-2H3,(H,23,26)(H,24,25). The molecule has 3 heterocycles. The van der Waals surface area contributed by atoms with E-state index in [1.807, 2.05) is 35.2 Å². The summed E-state index contributed by atoms with van der Waals surface area (Å²) >= 11 is 0. The fourth-order valence-corrected chi connectivity index (χ4v) is 4.90. The fraction of sp³-hybridized carbons (Fsp3) is 0.273. The van der Waals surface area contributed by atoms with Crippen molar-refractivity contribution in [3.8, 4) is 5.75 Å². The van der Waals surface area contributed by atoms with Crippen LogP contribution >= 0.6 is 0 Å². The molecule has 2 aromatic carbocycles. The minimum atomic E-state index is -3.45. The molecule has 0 unspecified atom stereocenters. The first-order valence-corrected chi connectivity index (χ1v) is 12.1. The average Bonchev–Trinajstić information content (AvgIpc) is 3.30. The molecule has 166 valence electrons. The number of benzene rings is 2. The van der Waals surface area contributed by atoms with Crippen LogP contribution in [0.2, 0.25) is 0 Å². The first-order valence-electron chi connectivity index (χ1n) is 10.2. The quantitative estimate of drug-likeness (QED) is 0.474. The lowest BCUT2D eigenvalue weighted by atomic mass is 10.1. The Kier molecular flexibility index (Phi) is 5.10. The van der Waals surface area contributed by atoms with Crippen LogP contribution in [0.4, 0.5) is 17.2 Å². The van der Waals surface area contributed by atoms with Crippen LogP contribution in [0, 0.1) is 0 Å². The smallest absolute Gasteiger partial charge is 0.177 e. The lowest BCUT2D eigenvalue weighted by molar-refractivity contribution is 0.122. The van der Waals surface area contributed by atoms with Crippen LogP contribution in [0.5, 0.6) is 5.75 Å². The van der Waals surface area contributed by atoms with Gasteiger partial charge >= 0.3 is 0 Å². The van der Waals surface area contributed by atoms with E-state index in [1.165, 1.54) is 6.26 Å². The van der Waals surface area contributed by atoms with Crippen molar-refractivity contribution in [2.24, 2.45) is 0 Å². The minimum Gasteiger partial charge on any atom is -0.497 e. The zero-order valence-electron chi connectivity index (χ0n) is 17.8. The van der Waals surface area contributed by atoms with Gasteiger partial charge in [-0.15, -0.1) is 0 Å². The Morgan fingerprint density at radius 1 is 1.12 bits per heavy atom. The lowest BCUT2D eigenvalue weighted by Crippen LogP contribution is -2.37. The number of hydrogen-bond acceptors (Lipinski definition) is 8. The molecule has 0 aliphatic carbocycles. The Morgan fingerprint density at radius 3 is 2.69 bits per heavy atom. The number of nitrogens with zero attached hydrogens (tertiary/aromatic N) is 3. The molecule has 0 saturated carbocycles. The van der Waals surface area contributed by atoms with Gasteiger partial charge in [0.2, 0.25) is 0 Å². The normalized spacial score (nSPS) is 14.8. The van der Waals surface area contributed by atoms with E-state index < -0.39 is 9.84 Å². The maximum absolute atomic E-state index is 12.6. The van der Waals surface area contributed by atoms with E-state index >= 15 is 0 Å². The Morgan fingerprint density at radius 2 is 1.94 bits per heavy atom. The van der Waals surface area contributed by atoms with Gasteiger partial charge in [0.05, 0.1) is 42.6 Å². The minimum absolute atomic E-state index is 0.274. The summed E-state index contributed by atoms with van der Waals surface area (Å²) in [6.45, 7) is 2.46. The van der Waals surface area contributed by atoms with Crippen LogP contribution in [-0.2, 0) is 14.6 Å². The predicted octanol–water partition coefficient (Wildman–Crippen LogP) is 3.10. The number of H-pyrrole nitrogens is 1. The Balaban J connectivity index is 1.58. The molecule has 1 saturated heterocycles. The number of methoxy groups -OCH3 is 1. The lowest BCUT2D eigenvalue weighted by Gasteiger charge is -2.30. The number of sulfone groups is 1. The molecule has 10 heteroatoms. The molecule has 0 amide bonds. The Bertz CT molecular complexity index is 1410. The number of nitrogens with one attached hydrogen (secondary N) is 2. The summed E-state index contributed by atoms with van der Waals surface area (Å²) < 4.78 is 35.9. The fourth-order valence-electron chi connectivity index (χ4n) is 3.98. The van der Waals surface area contributed by atoms with Crippen molar-refractivity contribution in [3.63, 3.8) is 0 Å². The van der Waals surface area contributed by atoms with Crippen molar-refractivity contribution in [2.75, 3.05) is 49.9 Å². The van der Waals surface area contributed by atoms with Crippen molar-refractivity contribution < 1.29 is 17.9 Å². The highest BCUT2D eigenvalue weighted by Gasteiger charge is 2.21. The van der Waals surface area contributed by atoms with Gasteiger partial charge in [-0.05, 0) is 36.4 Å². The van der Waals surface area contributed by atoms with Crippen molar-refractivity contribution in [1.29, 1.82) is 0 Å². The van der Waals surface area contributed by atoms with Gasteiger partial charge in [-0.3, -0.25) is 5.10 Å². The molecule has 1 fully saturated rings. The monoisotopic (exact) mass is 453 g/mol. The molecule has 0 bridgehead atoms. The second kappa shape index (κ2) is 7.95. The van der Waals surface area contributed by atoms with Crippen LogP contribution in [0.1, 0.15) is 0 Å². The largest absolute Gasteiger partial charge is 0.497 e. The summed E-state index contributed by atoms with van der Waals surface area (Å²) in [4.78, 5) is 7.05. The van der Waals surface area contributed by atoms with E-state index in [0.29, 0.717) is 43.5 Å². The number of aromatic nitrogens is 3. The third-order valence-electron chi connectivity index (χ3n) is 5.58. The zero-order chi connectivity index (χ0) is 22.3. The summed E-state index contributed by atoms with van der Waals surface area (Å²) in [5.41, 5.74) is 2.81. The number of fused-ring (bicyclic) bond motifs is 3. The molecule has 32 heavy (non-hydrogen) atoms. The van der Waals surface area contributed by atoms with Crippen molar-refractivity contribution in [1.82, 2.24) is 15.2 Å². The van der Waals surface area contributed by atoms with Gasteiger partial charge in [-0.2, -0.15) is 5.10 Å². The number of anilines is 3. The van der Waals surface area contributed by atoms with E-state index in [0.717, 1.165) is 27.6 Å². The molecule has 2 aromatic heterocycles. The summed E-state index contributed by atoms with van der Waals surface area (Å²) in [5.74, 6) is 1.30. The molecule has 0 spiro atoms. The van der Waals surface area contributed by atoms with Gasteiger partial charge in [-0.1, -0.05) is 0 Å². The van der Waals surface area contributed by atoms with E-state index in [-0.39, 0.29) is 4.90 Å². The molecule has 1 aliphatic rings. The highest BCUT2D eigenvalue weighted by molar-refractivity contribution is 7.90. The van der Waals surface area contributed by atoms with E-state index in [9.17, 15) is 8.42 Å². The number of rotatable bonds is 5. The molecule has 5 rings (SSSR count). The van der Waals surface area contributed by atoms with Gasteiger partial charge in [0.25, 0.3) is 0 Å². The molecule has 0 radical (unpaired) electrons. The summed E-state index contributed by atoms with van der Waals surface area (Å²) in [6.07, 6.45) is 2.97. The SMILES string of the molecule is COc1ccc2nc(Nc3ccc(N4CCOCC4)c(S(C)(=O)=O)c3)c3[nH]ncc3c2c1. The first-order chi connectivity index (χ1) is 15.4. The van der Waals surface area contributed by atoms with Crippen LogP contribution in [0.15, 0.2) is 47.5 Å². The van der Waals surface area contributed by atoms with Crippen molar-refractivity contribution in [2.45, 2.75) is 4.90 Å². The highest BCUT2D eigenvalue weighted by atomic mass is 32.2. The van der Waals surface area contributed by atoms with Gasteiger partial charge in [0.1, 0.15) is 11.3 Å². The summed E-state index contributed by atoms with van der Waals surface area (Å²) in [6, 6.07) is 11.0. The highest BCUT2D eigenvalue weighted by Crippen LogP contribution is 2.34. The van der Waals surface area contributed by atoms with Crippen LogP contribution in [-0.4, -0.2) is 63.3 Å². The maximum atomic E-state index is 12.6. The molecular weight excluding hydrogens is 430 g/mol. The summed E-state index contributed by atoms with van der Waals surface area (Å²) in [7, 11) is -1.83. The van der Waals surface area contributed by atoms with E-state index in [4.69, 9.17) is 14.5 Å². The second-order valence-corrected chi connectivity index (χ2v) is 9.67. The number of pyridine rings is 1. The summed E-state index contributed by atoms with van der Waals surface area (Å²) in [5, 5.41) is 12.3. The first kappa shape index (κ1) is 20.5. The zero-order valence-corrected chi connectivity index (χ0v) is 18.6.